The Bertz CT molecular complexity index is 507. The van der Waals surface area contributed by atoms with Crippen molar-refractivity contribution in [1.82, 2.24) is 10.3 Å². The number of ether oxygens (including phenoxy) is 1. The first-order valence-electron chi connectivity index (χ1n) is 5.92. The Balaban J connectivity index is 3.29. The molecule has 0 saturated carbocycles. The quantitative estimate of drug-likeness (QED) is 0.636. The zero-order chi connectivity index (χ0) is 16.1. The van der Waals surface area contributed by atoms with Gasteiger partial charge in [0.05, 0.1) is 7.11 Å². The number of nitrogens with one attached hydrogen (secondary N) is 2. The number of carbonyl (C=O) groups excluding carboxylic acids is 2. The van der Waals surface area contributed by atoms with Gasteiger partial charge in [-0.2, -0.15) is 13.2 Å². The van der Waals surface area contributed by atoms with Crippen LogP contribution in [0.5, 0.6) is 0 Å². The van der Waals surface area contributed by atoms with Crippen molar-refractivity contribution in [3.05, 3.63) is 24.4 Å². The predicted octanol–water partition coefficient (Wildman–Crippen LogP) is 1.45. The summed E-state index contributed by atoms with van der Waals surface area (Å²) in [4.78, 5) is 26.8. The number of pyridine rings is 1. The molecule has 0 aliphatic rings. The average Bonchev–Trinajstić information content (AvgIpc) is 2.45. The summed E-state index contributed by atoms with van der Waals surface area (Å²) in [5, 5.41) is 3.54. The topological polar surface area (TPSA) is 80.3 Å². The number of nitrogens with zero attached hydrogens (tertiary/aromatic N) is 1. The standard InChI is InChI=1S/C12H14F3N3O3/c1-3-9(19)18-11(10(20)21-2,12(13,14)15)17-8-6-4-5-7-16-8/h4-7H,3H2,1-2H3,(H,16,17)(H,18,19)/t11-/m1/s1. The lowest BCUT2D eigenvalue weighted by Crippen LogP contribution is -2.69. The Morgan fingerprint density at radius 2 is 2.00 bits per heavy atom. The van der Waals surface area contributed by atoms with Gasteiger partial charge < -0.3 is 15.4 Å². The fourth-order valence-electron chi connectivity index (χ4n) is 1.47. The van der Waals surface area contributed by atoms with Crippen molar-refractivity contribution in [3.8, 4) is 0 Å². The highest BCUT2D eigenvalue weighted by atomic mass is 19.4. The molecule has 0 unspecified atom stereocenters. The Kier molecular flexibility index (Phi) is 5.12. The van der Waals surface area contributed by atoms with Gasteiger partial charge in [-0.25, -0.2) is 9.78 Å². The first kappa shape index (κ1) is 16.7. The molecule has 9 heteroatoms. The molecule has 0 saturated heterocycles. The summed E-state index contributed by atoms with van der Waals surface area (Å²) in [5.74, 6) is -2.90. The molecule has 1 amide bonds. The van der Waals surface area contributed by atoms with E-state index in [1.807, 2.05) is 5.32 Å². The molecule has 6 nitrogen and oxygen atoms in total. The first-order chi connectivity index (χ1) is 9.76. The van der Waals surface area contributed by atoms with Gasteiger partial charge in [-0.1, -0.05) is 13.0 Å². The second kappa shape index (κ2) is 6.42. The van der Waals surface area contributed by atoms with E-state index >= 15 is 0 Å². The van der Waals surface area contributed by atoms with E-state index in [9.17, 15) is 22.8 Å². The van der Waals surface area contributed by atoms with Gasteiger partial charge in [0.25, 0.3) is 0 Å². The monoisotopic (exact) mass is 305 g/mol. The second-order valence-corrected chi connectivity index (χ2v) is 3.98. The van der Waals surface area contributed by atoms with E-state index in [1.54, 1.807) is 5.32 Å². The molecule has 0 aliphatic carbocycles. The van der Waals surface area contributed by atoms with Crippen LogP contribution in [-0.2, 0) is 14.3 Å². The van der Waals surface area contributed by atoms with Gasteiger partial charge in [0, 0.05) is 12.6 Å². The highest BCUT2D eigenvalue weighted by Gasteiger charge is 2.63. The molecule has 1 heterocycles. The Labute approximate surface area is 118 Å². The molecule has 0 bridgehead atoms. The molecule has 1 rings (SSSR count). The number of anilines is 1. The maximum absolute atomic E-state index is 13.4. The molecule has 0 radical (unpaired) electrons. The molecular formula is C12H14F3N3O3. The summed E-state index contributed by atoms with van der Waals surface area (Å²) >= 11 is 0. The summed E-state index contributed by atoms with van der Waals surface area (Å²) in [5.41, 5.74) is -3.40. The third-order valence-electron chi connectivity index (χ3n) is 2.55. The number of aromatic nitrogens is 1. The van der Waals surface area contributed by atoms with E-state index in [-0.39, 0.29) is 12.2 Å². The van der Waals surface area contributed by atoms with Gasteiger partial charge in [-0.05, 0) is 12.1 Å². The number of methoxy groups -OCH3 is 1. The highest BCUT2D eigenvalue weighted by Crippen LogP contribution is 2.32. The van der Waals surface area contributed by atoms with Crippen LogP contribution in [0.15, 0.2) is 24.4 Å². The van der Waals surface area contributed by atoms with Crippen LogP contribution in [0.2, 0.25) is 0 Å². The van der Waals surface area contributed by atoms with E-state index in [2.05, 4.69) is 9.72 Å². The Morgan fingerprint density at radius 3 is 2.43 bits per heavy atom. The zero-order valence-corrected chi connectivity index (χ0v) is 11.3. The van der Waals surface area contributed by atoms with Crippen molar-refractivity contribution in [1.29, 1.82) is 0 Å². The van der Waals surface area contributed by atoms with E-state index in [1.165, 1.54) is 31.3 Å². The SMILES string of the molecule is CCC(=O)N[C@](Nc1ccccn1)(C(=O)OC)C(F)(F)F. The van der Waals surface area contributed by atoms with E-state index in [0.29, 0.717) is 0 Å². The summed E-state index contributed by atoms with van der Waals surface area (Å²) in [6, 6.07) is 4.14. The number of hydrogen-bond donors (Lipinski definition) is 2. The molecule has 116 valence electrons. The highest BCUT2D eigenvalue weighted by molar-refractivity contribution is 5.91. The van der Waals surface area contributed by atoms with Gasteiger partial charge in [0.2, 0.25) is 5.91 Å². The van der Waals surface area contributed by atoms with E-state index in [0.717, 1.165) is 7.11 Å². The number of halogens is 3. The molecule has 1 aromatic rings. The summed E-state index contributed by atoms with van der Waals surface area (Å²) in [6.07, 6.45) is -4.14. The molecule has 0 fully saturated rings. The number of rotatable bonds is 5. The molecular weight excluding hydrogens is 291 g/mol. The van der Waals surface area contributed by atoms with Gasteiger partial charge in [-0.3, -0.25) is 4.79 Å². The number of alkyl halides is 3. The molecule has 21 heavy (non-hydrogen) atoms. The summed E-state index contributed by atoms with van der Waals surface area (Å²) in [6.45, 7) is 1.36. The minimum absolute atomic E-state index is 0.237. The Morgan fingerprint density at radius 1 is 1.33 bits per heavy atom. The summed E-state index contributed by atoms with van der Waals surface area (Å²) in [7, 11) is 0.793. The van der Waals surface area contributed by atoms with Crippen molar-refractivity contribution >= 4 is 17.7 Å². The number of carbonyl (C=O) groups is 2. The zero-order valence-electron chi connectivity index (χ0n) is 11.3. The number of hydrogen-bond acceptors (Lipinski definition) is 5. The van der Waals surface area contributed by atoms with Crippen molar-refractivity contribution in [3.63, 3.8) is 0 Å². The fourth-order valence-corrected chi connectivity index (χ4v) is 1.47. The lowest BCUT2D eigenvalue weighted by atomic mass is 10.1. The van der Waals surface area contributed by atoms with Crippen LogP contribution in [0.1, 0.15) is 13.3 Å². The summed E-state index contributed by atoms with van der Waals surface area (Å²) < 4.78 is 44.4. The number of amides is 1. The predicted molar refractivity (Wildman–Crippen MR) is 67.1 cm³/mol. The Hall–Kier alpha value is -2.32. The van der Waals surface area contributed by atoms with Crippen LogP contribution < -0.4 is 10.6 Å². The van der Waals surface area contributed by atoms with Crippen LogP contribution >= 0.6 is 0 Å². The third kappa shape index (κ3) is 3.61. The van der Waals surface area contributed by atoms with Crippen molar-refractivity contribution < 1.29 is 27.5 Å². The maximum atomic E-state index is 13.4. The molecule has 1 atom stereocenters. The van der Waals surface area contributed by atoms with Crippen molar-refractivity contribution in [2.75, 3.05) is 12.4 Å². The van der Waals surface area contributed by atoms with Gasteiger partial charge in [0.15, 0.2) is 0 Å². The number of esters is 1. The maximum Gasteiger partial charge on any atom is 0.441 e. The third-order valence-corrected chi connectivity index (χ3v) is 2.55. The van der Waals surface area contributed by atoms with Crippen LogP contribution in [0.3, 0.4) is 0 Å². The molecule has 0 aliphatic heterocycles. The molecule has 1 aromatic heterocycles. The van der Waals surface area contributed by atoms with Crippen LogP contribution in [0.4, 0.5) is 19.0 Å². The van der Waals surface area contributed by atoms with Crippen molar-refractivity contribution in [2.45, 2.75) is 25.2 Å². The minimum Gasteiger partial charge on any atom is -0.466 e. The molecule has 0 aromatic carbocycles. The lowest BCUT2D eigenvalue weighted by molar-refractivity contribution is -0.206. The molecule has 2 N–H and O–H groups in total. The van der Waals surface area contributed by atoms with Crippen molar-refractivity contribution in [2.24, 2.45) is 0 Å². The minimum atomic E-state index is -5.14. The first-order valence-corrected chi connectivity index (χ1v) is 5.92. The van der Waals surface area contributed by atoms with Gasteiger partial charge in [-0.15, -0.1) is 0 Å². The van der Waals surface area contributed by atoms with Gasteiger partial charge >= 0.3 is 17.8 Å². The smallest absolute Gasteiger partial charge is 0.441 e. The van der Waals surface area contributed by atoms with E-state index < -0.39 is 23.7 Å². The second-order valence-electron chi connectivity index (χ2n) is 3.98. The van der Waals surface area contributed by atoms with Crippen LogP contribution in [-0.4, -0.2) is 35.8 Å². The fraction of sp³-hybridized carbons (Fsp3) is 0.417. The van der Waals surface area contributed by atoms with Crippen LogP contribution in [0.25, 0.3) is 0 Å². The van der Waals surface area contributed by atoms with E-state index in [4.69, 9.17) is 0 Å². The average molecular weight is 305 g/mol. The normalized spacial score (nSPS) is 14.0. The molecule has 0 spiro atoms. The largest absolute Gasteiger partial charge is 0.466 e. The lowest BCUT2D eigenvalue weighted by Gasteiger charge is -2.34. The van der Waals surface area contributed by atoms with Gasteiger partial charge in [0.1, 0.15) is 5.82 Å². The van der Waals surface area contributed by atoms with Crippen LogP contribution in [0, 0.1) is 0 Å².